The topological polar surface area (TPSA) is 73.3 Å². The predicted molar refractivity (Wildman–Crippen MR) is 108 cm³/mol. The van der Waals surface area contributed by atoms with Crippen LogP contribution in [-0.2, 0) is 6.42 Å². The molecule has 0 aliphatic heterocycles. The van der Waals surface area contributed by atoms with Crippen LogP contribution < -0.4 is 14.8 Å². The molecule has 0 atom stereocenters. The number of para-hydroxylation sites is 1. The molecule has 1 amide bonds. The lowest BCUT2D eigenvalue weighted by atomic mass is 10.1. The molecule has 6 nitrogen and oxygen atoms in total. The molecule has 0 radical (unpaired) electrons. The number of thioether (sulfide) groups is 1. The van der Waals surface area contributed by atoms with Crippen molar-refractivity contribution in [1.82, 2.24) is 10.2 Å². The van der Waals surface area contributed by atoms with E-state index in [4.69, 9.17) is 9.47 Å². The third-order valence-electron chi connectivity index (χ3n) is 3.87. The third-order valence-corrected chi connectivity index (χ3v) is 5.44. The summed E-state index contributed by atoms with van der Waals surface area (Å²) in [6.07, 6.45) is 2.56. The number of hydrogen-bond acceptors (Lipinski definition) is 7. The van der Waals surface area contributed by atoms with Gasteiger partial charge in [-0.1, -0.05) is 29.5 Å². The summed E-state index contributed by atoms with van der Waals surface area (Å²) in [6, 6.07) is 13.2. The van der Waals surface area contributed by atoms with E-state index in [1.807, 2.05) is 42.7 Å². The Balaban J connectivity index is 1.73. The van der Waals surface area contributed by atoms with Crippen LogP contribution in [0.25, 0.3) is 0 Å². The molecule has 3 aromatic rings. The van der Waals surface area contributed by atoms with E-state index in [2.05, 4.69) is 15.5 Å². The Morgan fingerprint density at radius 3 is 2.63 bits per heavy atom. The van der Waals surface area contributed by atoms with Crippen molar-refractivity contribution in [3.05, 3.63) is 58.6 Å². The van der Waals surface area contributed by atoms with Crippen LogP contribution in [0.15, 0.2) is 47.4 Å². The van der Waals surface area contributed by atoms with Crippen LogP contribution in [0.5, 0.6) is 11.5 Å². The molecule has 2 aromatic carbocycles. The van der Waals surface area contributed by atoms with E-state index in [9.17, 15) is 4.79 Å². The van der Waals surface area contributed by atoms with Gasteiger partial charge in [0.15, 0.2) is 0 Å². The zero-order valence-electron chi connectivity index (χ0n) is 15.2. The molecule has 0 aliphatic rings. The molecule has 1 heterocycles. The van der Waals surface area contributed by atoms with E-state index in [-0.39, 0.29) is 5.91 Å². The van der Waals surface area contributed by atoms with Crippen LogP contribution in [0.1, 0.15) is 20.9 Å². The summed E-state index contributed by atoms with van der Waals surface area (Å²) in [7, 11) is 3.19. The molecular formula is C19H19N3O3S2. The quantitative estimate of drug-likeness (QED) is 0.601. The van der Waals surface area contributed by atoms with Gasteiger partial charge < -0.3 is 9.47 Å². The Bertz CT molecular complexity index is 943. The first-order valence-corrected chi connectivity index (χ1v) is 10.2. The molecule has 1 aromatic heterocycles. The van der Waals surface area contributed by atoms with Crippen molar-refractivity contribution < 1.29 is 14.3 Å². The van der Waals surface area contributed by atoms with Crippen molar-refractivity contribution >= 4 is 34.1 Å². The minimum Gasteiger partial charge on any atom is -0.496 e. The smallest absolute Gasteiger partial charge is 0.261 e. The normalized spacial score (nSPS) is 10.5. The molecule has 140 valence electrons. The minimum atomic E-state index is -0.278. The molecule has 0 fully saturated rings. The number of benzene rings is 2. The van der Waals surface area contributed by atoms with E-state index in [0.717, 1.165) is 21.2 Å². The van der Waals surface area contributed by atoms with Crippen molar-refractivity contribution in [2.24, 2.45) is 0 Å². The summed E-state index contributed by atoms with van der Waals surface area (Å²) in [4.78, 5) is 13.6. The average Bonchev–Trinajstić information content (AvgIpc) is 3.14. The Morgan fingerprint density at radius 1 is 1.11 bits per heavy atom. The molecular weight excluding hydrogens is 382 g/mol. The van der Waals surface area contributed by atoms with E-state index in [0.29, 0.717) is 22.9 Å². The van der Waals surface area contributed by atoms with Gasteiger partial charge in [-0.25, -0.2) is 0 Å². The van der Waals surface area contributed by atoms with Crippen molar-refractivity contribution in [2.75, 3.05) is 25.8 Å². The molecule has 0 spiro atoms. The van der Waals surface area contributed by atoms with E-state index < -0.39 is 0 Å². The van der Waals surface area contributed by atoms with Gasteiger partial charge in [0.05, 0.1) is 19.8 Å². The first kappa shape index (κ1) is 19.2. The maximum Gasteiger partial charge on any atom is 0.261 e. The highest BCUT2D eigenvalue weighted by molar-refractivity contribution is 7.98. The summed E-state index contributed by atoms with van der Waals surface area (Å²) in [5.74, 6) is 1.05. The Morgan fingerprint density at radius 2 is 1.89 bits per heavy atom. The zero-order valence-corrected chi connectivity index (χ0v) is 16.8. The number of methoxy groups -OCH3 is 2. The van der Waals surface area contributed by atoms with Gasteiger partial charge in [-0.2, -0.15) is 0 Å². The Labute approximate surface area is 165 Å². The van der Waals surface area contributed by atoms with Gasteiger partial charge in [-0.05, 0) is 30.5 Å². The van der Waals surface area contributed by atoms with Crippen LogP contribution in [0.2, 0.25) is 0 Å². The molecule has 3 rings (SSSR count). The van der Waals surface area contributed by atoms with E-state index in [1.165, 1.54) is 11.3 Å². The van der Waals surface area contributed by atoms with Gasteiger partial charge in [0.25, 0.3) is 5.91 Å². The monoisotopic (exact) mass is 401 g/mol. The molecule has 0 saturated carbocycles. The number of nitrogens with zero attached hydrogens (tertiary/aromatic N) is 2. The average molecular weight is 402 g/mol. The third kappa shape index (κ3) is 4.58. The maximum atomic E-state index is 12.6. The highest BCUT2D eigenvalue weighted by Gasteiger charge is 2.16. The van der Waals surface area contributed by atoms with Crippen LogP contribution in [-0.4, -0.2) is 36.6 Å². The fourth-order valence-electron chi connectivity index (χ4n) is 2.54. The molecule has 27 heavy (non-hydrogen) atoms. The molecule has 0 bridgehead atoms. The van der Waals surface area contributed by atoms with Crippen LogP contribution in [0.3, 0.4) is 0 Å². The lowest BCUT2D eigenvalue weighted by molar-refractivity contribution is 0.102. The highest BCUT2D eigenvalue weighted by atomic mass is 32.2. The number of amides is 1. The first-order chi connectivity index (χ1) is 13.1. The number of ether oxygens (including phenoxy) is 2. The maximum absolute atomic E-state index is 12.6. The molecule has 0 saturated heterocycles. The Kier molecular flexibility index (Phi) is 6.31. The molecule has 1 N–H and O–H groups in total. The van der Waals surface area contributed by atoms with Crippen LogP contribution in [0, 0.1) is 0 Å². The van der Waals surface area contributed by atoms with Crippen LogP contribution in [0.4, 0.5) is 5.13 Å². The van der Waals surface area contributed by atoms with Crippen molar-refractivity contribution in [3.8, 4) is 11.5 Å². The van der Waals surface area contributed by atoms with Gasteiger partial charge in [-0.3, -0.25) is 10.1 Å². The zero-order chi connectivity index (χ0) is 19.2. The molecule has 0 aliphatic carbocycles. The summed E-state index contributed by atoms with van der Waals surface area (Å²) >= 11 is 2.92. The lowest BCUT2D eigenvalue weighted by Crippen LogP contribution is -2.13. The molecule has 0 unspecified atom stereocenters. The van der Waals surface area contributed by atoms with Crippen molar-refractivity contribution in [2.45, 2.75) is 11.3 Å². The second kappa shape index (κ2) is 8.88. The highest BCUT2D eigenvalue weighted by Crippen LogP contribution is 2.27. The Hall–Kier alpha value is -2.58. The van der Waals surface area contributed by atoms with Gasteiger partial charge in [0, 0.05) is 16.9 Å². The summed E-state index contributed by atoms with van der Waals surface area (Å²) in [6.45, 7) is 0. The second-order valence-electron chi connectivity index (χ2n) is 5.51. The first-order valence-electron chi connectivity index (χ1n) is 8.12. The number of rotatable bonds is 7. The summed E-state index contributed by atoms with van der Waals surface area (Å²) in [5.41, 5.74) is 1.47. The summed E-state index contributed by atoms with van der Waals surface area (Å²) < 4.78 is 10.7. The lowest BCUT2D eigenvalue weighted by Gasteiger charge is -2.09. The largest absolute Gasteiger partial charge is 0.496 e. The minimum absolute atomic E-state index is 0.278. The van der Waals surface area contributed by atoms with E-state index >= 15 is 0 Å². The van der Waals surface area contributed by atoms with Crippen LogP contribution >= 0.6 is 23.1 Å². The van der Waals surface area contributed by atoms with E-state index in [1.54, 1.807) is 32.0 Å². The van der Waals surface area contributed by atoms with Gasteiger partial charge in [0.2, 0.25) is 5.13 Å². The second-order valence-corrected chi connectivity index (χ2v) is 7.45. The number of hydrogen-bond donors (Lipinski definition) is 1. The van der Waals surface area contributed by atoms with Gasteiger partial charge >= 0.3 is 0 Å². The molecule has 8 heteroatoms. The summed E-state index contributed by atoms with van der Waals surface area (Å²) in [5, 5.41) is 12.3. The standard InChI is InChI=1S/C19H19N3O3S2/c1-24-15-7-5-4-6-12(15)10-17-21-22-19(27-17)20-18(23)14-9-8-13(26-3)11-16(14)25-2/h4-9,11H,10H2,1-3H3,(H,20,22,23). The SMILES string of the molecule is COc1ccccc1Cc1nnc(NC(=O)c2ccc(SC)cc2OC)s1. The number of anilines is 1. The van der Waals surface area contributed by atoms with Gasteiger partial charge in [-0.15, -0.1) is 22.0 Å². The number of nitrogens with one attached hydrogen (secondary N) is 1. The number of carbonyl (C=O) groups is 1. The number of carbonyl (C=O) groups excluding carboxylic acids is 1. The van der Waals surface area contributed by atoms with Crippen molar-refractivity contribution in [1.29, 1.82) is 0 Å². The number of aromatic nitrogens is 2. The fraction of sp³-hybridized carbons (Fsp3) is 0.211. The predicted octanol–water partition coefficient (Wildman–Crippen LogP) is 4.12. The van der Waals surface area contributed by atoms with Gasteiger partial charge in [0.1, 0.15) is 16.5 Å². The fourth-order valence-corrected chi connectivity index (χ4v) is 3.72. The van der Waals surface area contributed by atoms with Crippen molar-refractivity contribution in [3.63, 3.8) is 0 Å².